The van der Waals surface area contributed by atoms with Gasteiger partial charge in [-0.05, 0) is 42.3 Å². The van der Waals surface area contributed by atoms with E-state index < -0.39 is 17.6 Å². The quantitative estimate of drug-likeness (QED) is 0.730. The average Bonchev–Trinajstić information content (AvgIpc) is 2.47. The number of aryl methyl sites for hydroxylation is 1. The molecule has 0 atom stereocenters. The average molecular weight is 334 g/mol. The summed E-state index contributed by atoms with van der Waals surface area (Å²) in [4.78, 5) is 15.4. The van der Waals surface area contributed by atoms with Crippen LogP contribution in [-0.4, -0.2) is 16.1 Å². The highest BCUT2D eigenvalue weighted by Gasteiger charge is 2.18. The third-order valence-corrected chi connectivity index (χ3v) is 3.86. The first-order valence-electron chi connectivity index (χ1n) is 6.66. The number of pyridine rings is 1. The Hall–Kier alpha value is -2.53. The Morgan fingerprint density at radius 2 is 1.91 bits per heavy atom. The smallest absolute Gasteiger partial charge is 0.335 e. The first kappa shape index (κ1) is 15.4. The number of hydrogen-bond acceptors (Lipinski definition) is 2. The van der Waals surface area contributed by atoms with Crippen molar-refractivity contribution in [2.75, 3.05) is 0 Å². The highest BCUT2D eigenvalue weighted by molar-refractivity contribution is 6.33. The molecule has 0 fully saturated rings. The topological polar surface area (TPSA) is 50.2 Å². The fourth-order valence-corrected chi connectivity index (χ4v) is 2.83. The molecule has 1 N–H and O–H groups in total. The summed E-state index contributed by atoms with van der Waals surface area (Å²) in [6, 6.07) is 6.13. The van der Waals surface area contributed by atoms with E-state index in [0.29, 0.717) is 22.0 Å². The number of hydrogen-bond donors (Lipinski definition) is 1. The second-order valence-corrected chi connectivity index (χ2v) is 5.50. The van der Waals surface area contributed by atoms with E-state index in [2.05, 4.69) is 4.98 Å². The molecule has 0 amide bonds. The number of carbonyl (C=O) groups is 1. The van der Waals surface area contributed by atoms with E-state index in [1.165, 1.54) is 24.4 Å². The third-order valence-electron chi connectivity index (χ3n) is 3.56. The molecular formula is C17H10ClF2NO2. The molecule has 1 aromatic heterocycles. The van der Waals surface area contributed by atoms with Gasteiger partial charge in [-0.2, -0.15) is 0 Å². The zero-order chi connectivity index (χ0) is 16.7. The van der Waals surface area contributed by atoms with Gasteiger partial charge in [-0.3, -0.25) is 4.98 Å². The van der Waals surface area contributed by atoms with E-state index in [1.54, 1.807) is 6.92 Å². The predicted octanol–water partition coefficient (Wildman–Crippen LogP) is 4.84. The Bertz CT molecular complexity index is 934. The van der Waals surface area contributed by atoms with Crippen molar-refractivity contribution in [1.29, 1.82) is 0 Å². The molecule has 0 aliphatic heterocycles. The van der Waals surface area contributed by atoms with Crippen LogP contribution in [-0.2, 0) is 0 Å². The normalized spacial score (nSPS) is 11.0. The second kappa shape index (κ2) is 5.59. The van der Waals surface area contributed by atoms with Crippen molar-refractivity contribution in [2.24, 2.45) is 0 Å². The summed E-state index contributed by atoms with van der Waals surface area (Å²) in [6.45, 7) is 1.70. The van der Waals surface area contributed by atoms with Gasteiger partial charge in [-0.15, -0.1) is 0 Å². The minimum absolute atomic E-state index is 0.0282. The van der Waals surface area contributed by atoms with Crippen LogP contribution in [0.3, 0.4) is 0 Å². The summed E-state index contributed by atoms with van der Waals surface area (Å²) in [5.41, 5.74) is 1.58. The van der Waals surface area contributed by atoms with E-state index in [9.17, 15) is 13.6 Å². The van der Waals surface area contributed by atoms with Crippen LogP contribution < -0.4 is 0 Å². The van der Waals surface area contributed by atoms with Crippen molar-refractivity contribution in [1.82, 2.24) is 4.98 Å². The molecule has 6 heteroatoms. The predicted molar refractivity (Wildman–Crippen MR) is 83.8 cm³/mol. The van der Waals surface area contributed by atoms with Gasteiger partial charge in [0.05, 0.1) is 16.1 Å². The summed E-state index contributed by atoms with van der Waals surface area (Å²) in [7, 11) is 0. The Morgan fingerprint density at radius 1 is 1.17 bits per heavy atom. The van der Waals surface area contributed by atoms with Crippen molar-refractivity contribution in [3.63, 3.8) is 0 Å². The van der Waals surface area contributed by atoms with Crippen LogP contribution in [0.15, 0.2) is 36.5 Å². The zero-order valence-electron chi connectivity index (χ0n) is 11.9. The maximum absolute atomic E-state index is 14.3. The van der Waals surface area contributed by atoms with Gasteiger partial charge in [-0.1, -0.05) is 11.6 Å². The van der Waals surface area contributed by atoms with Gasteiger partial charge in [0.25, 0.3) is 0 Å². The van der Waals surface area contributed by atoms with Gasteiger partial charge in [0, 0.05) is 23.2 Å². The number of nitrogens with zero attached hydrogens (tertiary/aromatic N) is 1. The van der Waals surface area contributed by atoms with E-state index in [0.717, 1.165) is 12.1 Å². The van der Waals surface area contributed by atoms with Crippen molar-refractivity contribution in [2.45, 2.75) is 6.92 Å². The summed E-state index contributed by atoms with van der Waals surface area (Å²) >= 11 is 6.03. The van der Waals surface area contributed by atoms with E-state index in [4.69, 9.17) is 16.7 Å². The third kappa shape index (κ3) is 2.64. The molecule has 0 saturated carbocycles. The van der Waals surface area contributed by atoms with Gasteiger partial charge in [0.1, 0.15) is 11.6 Å². The Kier molecular flexibility index (Phi) is 3.74. The van der Waals surface area contributed by atoms with Crippen LogP contribution in [0.5, 0.6) is 0 Å². The van der Waals surface area contributed by atoms with Gasteiger partial charge in [0.2, 0.25) is 0 Å². The lowest BCUT2D eigenvalue weighted by molar-refractivity contribution is 0.0697. The molecule has 0 bridgehead atoms. The SMILES string of the molecule is Cc1cnc2ccc(C(=O)O)cc2c1-c1c(F)cc(F)cc1Cl. The first-order chi connectivity index (χ1) is 10.9. The highest BCUT2D eigenvalue weighted by Crippen LogP contribution is 2.38. The van der Waals surface area contributed by atoms with Gasteiger partial charge in [0.15, 0.2) is 0 Å². The highest BCUT2D eigenvalue weighted by atomic mass is 35.5. The minimum Gasteiger partial charge on any atom is -0.478 e. The maximum atomic E-state index is 14.3. The number of aromatic carboxylic acids is 1. The molecule has 0 aliphatic carbocycles. The van der Waals surface area contributed by atoms with Gasteiger partial charge in [-0.25, -0.2) is 13.6 Å². The molecule has 3 rings (SSSR count). The van der Waals surface area contributed by atoms with Crippen LogP contribution in [0.4, 0.5) is 8.78 Å². The van der Waals surface area contributed by atoms with Crippen molar-refractivity contribution >= 4 is 28.5 Å². The van der Waals surface area contributed by atoms with Gasteiger partial charge >= 0.3 is 5.97 Å². The molecule has 116 valence electrons. The van der Waals surface area contributed by atoms with E-state index >= 15 is 0 Å². The summed E-state index contributed by atoms with van der Waals surface area (Å²) in [5.74, 6) is -2.70. The fourth-order valence-electron chi connectivity index (χ4n) is 2.54. The summed E-state index contributed by atoms with van der Waals surface area (Å²) < 4.78 is 27.6. The van der Waals surface area contributed by atoms with Crippen LogP contribution in [0.25, 0.3) is 22.0 Å². The van der Waals surface area contributed by atoms with Crippen LogP contribution in [0.2, 0.25) is 5.02 Å². The number of halogens is 3. The molecule has 0 aliphatic rings. The van der Waals surface area contributed by atoms with E-state index in [1.807, 2.05) is 0 Å². The molecule has 23 heavy (non-hydrogen) atoms. The molecule has 0 spiro atoms. The number of carboxylic acid groups (broad SMARTS) is 1. The molecule has 3 aromatic rings. The lowest BCUT2D eigenvalue weighted by Crippen LogP contribution is -1.98. The van der Waals surface area contributed by atoms with E-state index in [-0.39, 0.29) is 16.1 Å². The molecular weight excluding hydrogens is 324 g/mol. The monoisotopic (exact) mass is 333 g/mol. The number of aromatic nitrogens is 1. The first-order valence-corrected chi connectivity index (χ1v) is 7.04. The maximum Gasteiger partial charge on any atom is 0.335 e. The van der Waals surface area contributed by atoms with Crippen LogP contribution >= 0.6 is 11.6 Å². The molecule has 3 nitrogen and oxygen atoms in total. The zero-order valence-corrected chi connectivity index (χ0v) is 12.7. The number of benzene rings is 2. The fraction of sp³-hybridized carbons (Fsp3) is 0.0588. The molecule has 0 saturated heterocycles. The lowest BCUT2D eigenvalue weighted by atomic mass is 9.95. The summed E-state index contributed by atoms with van der Waals surface area (Å²) in [5, 5.41) is 9.51. The molecule has 1 heterocycles. The van der Waals surface area contributed by atoms with Crippen molar-refractivity contribution in [3.8, 4) is 11.1 Å². The lowest BCUT2D eigenvalue weighted by Gasteiger charge is -2.13. The second-order valence-electron chi connectivity index (χ2n) is 5.10. The standard InChI is InChI=1S/C17H10ClF2NO2/c1-8-7-21-14-3-2-9(17(22)23)4-11(14)15(8)16-12(18)5-10(19)6-13(16)20/h2-7H,1H3,(H,22,23). The van der Waals surface area contributed by atoms with Crippen molar-refractivity contribution < 1.29 is 18.7 Å². The Morgan fingerprint density at radius 3 is 2.57 bits per heavy atom. The summed E-state index contributed by atoms with van der Waals surface area (Å²) in [6.07, 6.45) is 1.54. The van der Waals surface area contributed by atoms with Crippen molar-refractivity contribution in [3.05, 3.63) is 64.3 Å². The molecule has 0 unspecified atom stereocenters. The Labute approximate surface area is 135 Å². The number of carboxylic acids is 1. The molecule has 0 radical (unpaired) electrons. The van der Waals surface area contributed by atoms with Gasteiger partial charge < -0.3 is 5.11 Å². The number of rotatable bonds is 2. The molecule has 2 aromatic carbocycles. The Balaban J connectivity index is 2.43. The van der Waals surface area contributed by atoms with Crippen LogP contribution in [0.1, 0.15) is 15.9 Å². The van der Waals surface area contributed by atoms with Crippen LogP contribution in [0, 0.1) is 18.6 Å². The number of fused-ring (bicyclic) bond motifs is 1. The minimum atomic E-state index is -1.11. The largest absolute Gasteiger partial charge is 0.478 e.